The number of fused-ring (bicyclic) bond motifs is 2. The van der Waals surface area contributed by atoms with Gasteiger partial charge in [-0.25, -0.2) is 4.98 Å². The number of hydrogen-bond acceptors (Lipinski definition) is 5. The maximum Gasteiger partial charge on any atom is 0.273 e. The summed E-state index contributed by atoms with van der Waals surface area (Å²) in [6.45, 7) is 3.18. The molecular weight excluding hydrogens is 440 g/mol. The summed E-state index contributed by atoms with van der Waals surface area (Å²) in [7, 11) is 0. The zero-order chi connectivity index (χ0) is 19.1. The molecule has 142 valence electrons. The van der Waals surface area contributed by atoms with E-state index in [1.54, 1.807) is 11.3 Å². The van der Waals surface area contributed by atoms with Gasteiger partial charge in [-0.3, -0.25) is 4.79 Å². The molecule has 28 heavy (non-hydrogen) atoms. The van der Waals surface area contributed by atoms with E-state index in [4.69, 9.17) is 9.72 Å². The molecule has 0 aliphatic carbocycles. The van der Waals surface area contributed by atoms with Gasteiger partial charge in [0.15, 0.2) is 5.13 Å². The monoisotopic (exact) mass is 456 g/mol. The highest BCUT2D eigenvalue weighted by Gasteiger charge is 2.18. The van der Waals surface area contributed by atoms with E-state index in [1.165, 1.54) is 0 Å². The van der Waals surface area contributed by atoms with E-state index in [0.717, 1.165) is 62.7 Å². The summed E-state index contributed by atoms with van der Waals surface area (Å²) in [6.07, 6.45) is 0. The van der Waals surface area contributed by atoms with Gasteiger partial charge in [0, 0.05) is 29.7 Å². The van der Waals surface area contributed by atoms with Gasteiger partial charge in [0.2, 0.25) is 0 Å². The molecule has 3 heterocycles. The number of ether oxygens (including phenoxy) is 1. The number of H-pyrrole nitrogens is 1. The van der Waals surface area contributed by atoms with Crippen molar-refractivity contribution in [1.82, 2.24) is 9.97 Å². The van der Waals surface area contributed by atoms with E-state index < -0.39 is 0 Å². The van der Waals surface area contributed by atoms with E-state index >= 15 is 0 Å². The second-order valence-corrected chi connectivity index (χ2v) is 8.39. The van der Waals surface area contributed by atoms with E-state index in [1.807, 2.05) is 42.5 Å². The topological polar surface area (TPSA) is 70.2 Å². The minimum atomic E-state index is -0.180. The Bertz CT molecular complexity index is 1180. The number of nitrogens with zero attached hydrogens (tertiary/aromatic N) is 2. The summed E-state index contributed by atoms with van der Waals surface area (Å²) in [6, 6.07) is 13.6. The third-order valence-electron chi connectivity index (χ3n) is 4.79. The van der Waals surface area contributed by atoms with Crippen LogP contribution in [0.1, 0.15) is 10.5 Å². The molecule has 1 fully saturated rings. The third-order valence-corrected chi connectivity index (χ3v) is 6.69. The zero-order valence-corrected chi connectivity index (χ0v) is 17.3. The van der Waals surface area contributed by atoms with Gasteiger partial charge in [0.1, 0.15) is 5.69 Å². The predicted octanol–water partition coefficient (Wildman–Crippen LogP) is 4.63. The van der Waals surface area contributed by atoms with Crippen molar-refractivity contribution in [2.75, 3.05) is 36.5 Å². The van der Waals surface area contributed by atoms with Crippen molar-refractivity contribution in [3.8, 4) is 0 Å². The molecule has 1 amide bonds. The summed E-state index contributed by atoms with van der Waals surface area (Å²) in [4.78, 5) is 22.9. The highest BCUT2D eigenvalue weighted by Crippen LogP contribution is 2.32. The van der Waals surface area contributed by atoms with Crippen LogP contribution in [-0.4, -0.2) is 42.2 Å². The second kappa shape index (κ2) is 7.20. The van der Waals surface area contributed by atoms with Crippen LogP contribution < -0.4 is 10.2 Å². The van der Waals surface area contributed by atoms with Crippen molar-refractivity contribution in [1.29, 1.82) is 0 Å². The number of anilines is 2. The molecule has 0 saturated carbocycles. The molecule has 1 aliphatic rings. The first-order valence-corrected chi connectivity index (χ1v) is 10.6. The SMILES string of the molecule is O=C(Nc1ccc2nc(N3CCOCC3)sc2c1)c1[nH]c2ccccc2c1Br. The van der Waals surface area contributed by atoms with Crippen LogP contribution in [0.25, 0.3) is 21.1 Å². The molecule has 8 heteroatoms. The first-order valence-electron chi connectivity index (χ1n) is 9.00. The first kappa shape index (κ1) is 17.7. The van der Waals surface area contributed by atoms with Gasteiger partial charge in [0.05, 0.1) is 27.9 Å². The van der Waals surface area contributed by atoms with E-state index in [0.29, 0.717) is 5.69 Å². The smallest absolute Gasteiger partial charge is 0.273 e. The average Bonchev–Trinajstić information content (AvgIpc) is 3.30. The van der Waals surface area contributed by atoms with Crippen molar-refractivity contribution in [2.45, 2.75) is 0 Å². The van der Waals surface area contributed by atoms with Crippen molar-refractivity contribution >= 4 is 65.1 Å². The number of benzene rings is 2. The molecule has 1 aliphatic heterocycles. The van der Waals surface area contributed by atoms with E-state index in [-0.39, 0.29) is 5.91 Å². The van der Waals surface area contributed by atoms with Gasteiger partial charge < -0.3 is 19.9 Å². The van der Waals surface area contributed by atoms with Gasteiger partial charge in [-0.15, -0.1) is 0 Å². The Hall–Kier alpha value is -2.42. The predicted molar refractivity (Wildman–Crippen MR) is 117 cm³/mol. The van der Waals surface area contributed by atoms with Gasteiger partial charge in [-0.05, 0) is 40.2 Å². The standard InChI is InChI=1S/C20H17BrN4O2S/c21-17-13-3-1-2-4-14(13)23-18(17)19(26)22-12-5-6-15-16(11-12)28-20(24-15)25-7-9-27-10-8-25/h1-6,11,23H,7-10H2,(H,22,26). The Morgan fingerprint density at radius 2 is 2.04 bits per heavy atom. The molecule has 0 unspecified atom stereocenters. The molecule has 0 bridgehead atoms. The summed E-state index contributed by atoms with van der Waals surface area (Å²) in [5.41, 5.74) is 3.13. The number of carbonyl (C=O) groups is 1. The molecule has 4 aromatic rings. The summed E-state index contributed by atoms with van der Waals surface area (Å²) < 4.78 is 7.24. The number of hydrogen-bond donors (Lipinski definition) is 2. The number of morpholine rings is 1. The number of carbonyl (C=O) groups excluding carboxylic acids is 1. The maximum absolute atomic E-state index is 12.8. The van der Waals surface area contributed by atoms with Crippen molar-refractivity contribution in [3.05, 3.63) is 52.6 Å². The summed E-state index contributed by atoms with van der Waals surface area (Å²) in [5, 5.41) is 4.97. The number of thiazole rings is 1. The lowest BCUT2D eigenvalue weighted by Gasteiger charge is -2.25. The molecule has 2 N–H and O–H groups in total. The fourth-order valence-corrected chi connectivity index (χ4v) is 5.02. The normalized spacial score (nSPS) is 14.7. The Balaban J connectivity index is 1.41. The third kappa shape index (κ3) is 3.17. The van der Waals surface area contributed by atoms with Crippen LogP contribution >= 0.6 is 27.3 Å². The minimum absolute atomic E-state index is 0.180. The lowest BCUT2D eigenvalue weighted by molar-refractivity contribution is 0.102. The highest BCUT2D eigenvalue weighted by molar-refractivity contribution is 9.10. The molecule has 0 spiro atoms. The van der Waals surface area contributed by atoms with Crippen molar-refractivity contribution in [3.63, 3.8) is 0 Å². The van der Waals surface area contributed by atoms with E-state index in [2.05, 4.69) is 31.1 Å². The summed E-state index contributed by atoms with van der Waals surface area (Å²) in [5.74, 6) is -0.180. The number of rotatable bonds is 3. The van der Waals surface area contributed by atoms with Crippen LogP contribution in [0.4, 0.5) is 10.8 Å². The molecule has 6 nitrogen and oxygen atoms in total. The second-order valence-electron chi connectivity index (χ2n) is 6.59. The number of halogens is 1. The van der Waals surface area contributed by atoms with Crippen LogP contribution in [0, 0.1) is 0 Å². The van der Waals surface area contributed by atoms with Gasteiger partial charge >= 0.3 is 0 Å². The largest absolute Gasteiger partial charge is 0.378 e. The van der Waals surface area contributed by atoms with Crippen LogP contribution in [0.3, 0.4) is 0 Å². The number of aromatic nitrogens is 2. The fraction of sp³-hybridized carbons (Fsp3) is 0.200. The molecular formula is C20H17BrN4O2S. The quantitative estimate of drug-likeness (QED) is 0.471. The zero-order valence-electron chi connectivity index (χ0n) is 14.9. The number of amides is 1. The van der Waals surface area contributed by atoms with Crippen LogP contribution in [-0.2, 0) is 4.74 Å². The van der Waals surface area contributed by atoms with Crippen molar-refractivity contribution < 1.29 is 9.53 Å². The minimum Gasteiger partial charge on any atom is -0.378 e. The van der Waals surface area contributed by atoms with Crippen molar-refractivity contribution in [2.24, 2.45) is 0 Å². The molecule has 2 aromatic carbocycles. The maximum atomic E-state index is 12.8. The Morgan fingerprint density at radius 3 is 2.86 bits per heavy atom. The number of aromatic amines is 1. The van der Waals surface area contributed by atoms with Gasteiger partial charge in [-0.1, -0.05) is 29.5 Å². The molecule has 0 radical (unpaired) electrons. The Morgan fingerprint density at radius 1 is 1.21 bits per heavy atom. The highest BCUT2D eigenvalue weighted by atomic mass is 79.9. The Labute approximate surface area is 173 Å². The molecule has 5 rings (SSSR count). The molecule has 2 aromatic heterocycles. The van der Waals surface area contributed by atoms with Gasteiger partial charge in [0.25, 0.3) is 5.91 Å². The Kier molecular flexibility index (Phi) is 4.54. The summed E-state index contributed by atoms with van der Waals surface area (Å²) >= 11 is 5.18. The molecule has 0 atom stereocenters. The lowest BCUT2D eigenvalue weighted by Crippen LogP contribution is -2.36. The molecule has 1 saturated heterocycles. The average molecular weight is 457 g/mol. The first-order chi connectivity index (χ1) is 13.7. The number of nitrogens with one attached hydrogen (secondary N) is 2. The number of para-hydroxylation sites is 1. The van der Waals surface area contributed by atoms with Crippen LogP contribution in [0.5, 0.6) is 0 Å². The van der Waals surface area contributed by atoms with Gasteiger partial charge in [-0.2, -0.15) is 0 Å². The van der Waals surface area contributed by atoms with Crippen LogP contribution in [0.15, 0.2) is 46.9 Å². The van der Waals surface area contributed by atoms with E-state index in [9.17, 15) is 4.79 Å². The lowest BCUT2D eigenvalue weighted by atomic mass is 10.2. The van der Waals surface area contributed by atoms with Crippen LogP contribution in [0.2, 0.25) is 0 Å². The fourth-order valence-electron chi connectivity index (χ4n) is 3.34.